The van der Waals surface area contributed by atoms with Crippen LogP contribution in [0.3, 0.4) is 0 Å². The molecule has 47 heavy (non-hydrogen) atoms. The minimum atomic E-state index is -4.18. The third kappa shape index (κ3) is 11.1. The van der Waals surface area contributed by atoms with Gasteiger partial charge in [0.1, 0.15) is 6.04 Å². The van der Waals surface area contributed by atoms with Gasteiger partial charge < -0.3 is 39.7 Å². The van der Waals surface area contributed by atoms with Crippen molar-refractivity contribution in [2.24, 2.45) is 17.8 Å². The van der Waals surface area contributed by atoms with Crippen molar-refractivity contribution in [1.82, 2.24) is 20.9 Å². The Bertz CT molecular complexity index is 1130. The van der Waals surface area contributed by atoms with Crippen molar-refractivity contribution < 1.29 is 51.4 Å². The minimum Gasteiger partial charge on any atom is -0.449 e. The monoisotopic (exact) mass is 694 g/mol. The van der Waals surface area contributed by atoms with E-state index in [0.717, 1.165) is 0 Å². The number of alkyl halides is 2. The Balaban J connectivity index is 1.74. The predicted molar refractivity (Wildman–Crippen MR) is 169 cm³/mol. The predicted octanol–water partition coefficient (Wildman–Crippen LogP) is 3.93. The molecule has 16 heteroatoms. The van der Waals surface area contributed by atoms with Crippen molar-refractivity contribution in [3.63, 3.8) is 0 Å². The summed E-state index contributed by atoms with van der Waals surface area (Å²) in [6, 6.07) is -2.38. The molecule has 4 N–H and O–H groups in total. The molecule has 4 amide bonds. The Morgan fingerprint density at radius 3 is 2.19 bits per heavy atom. The first-order valence-corrected chi connectivity index (χ1v) is 18.4. The first-order chi connectivity index (χ1) is 22.0. The summed E-state index contributed by atoms with van der Waals surface area (Å²) in [5.41, 5.74) is -0.545. The molecule has 0 aromatic carbocycles. The zero-order chi connectivity index (χ0) is 35.0. The maximum Gasteiger partial charge on any atom is 0.407 e. The first-order valence-electron chi connectivity index (χ1n) is 16.8. The number of piperidine rings is 1. The second-order valence-electron chi connectivity index (χ2n) is 13.5. The van der Waals surface area contributed by atoms with E-state index in [1.807, 2.05) is 13.8 Å². The first kappa shape index (κ1) is 39.1. The van der Waals surface area contributed by atoms with E-state index in [1.165, 1.54) is 6.92 Å². The molecular formula is C31H53F2N4O9P. The fourth-order valence-corrected chi connectivity index (χ4v) is 8.45. The maximum absolute atomic E-state index is 13.7. The van der Waals surface area contributed by atoms with Crippen LogP contribution in [0.1, 0.15) is 92.4 Å². The standard InChI is InChI=1S/C31H53F2N4O9P/c1-6-45-47(43,46-7-2)28(41)25(17-23-18-30(36-26(23)39)12-14-37(15-13-30)21(5)38)34-27(40)24(16-20(3)4)35-29(42)44-19-22-8-10-31(32,33)11-9-22/h20,22-25,28,41H,6-19H2,1-5H3,(H,34,40)(H,35,42)(H,36,39)/t23?,24-,25?,28?/m0/s1. The summed E-state index contributed by atoms with van der Waals surface area (Å²) in [6.45, 7) is 9.18. The van der Waals surface area contributed by atoms with Gasteiger partial charge in [0.15, 0.2) is 5.85 Å². The lowest BCUT2D eigenvalue weighted by Gasteiger charge is -2.39. The minimum absolute atomic E-state index is 0.0405. The molecule has 0 bridgehead atoms. The number of nitrogens with zero attached hydrogens (tertiary/aromatic N) is 1. The number of aliphatic hydroxyl groups is 1. The summed E-state index contributed by atoms with van der Waals surface area (Å²) in [7, 11) is -4.18. The average molecular weight is 695 g/mol. The molecule has 1 spiro atoms. The highest BCUT2D eigenvalue weighted by molar-refractivity contribution is 7.54. The Morgan fingerprint density at radius 1 is 1.06 bits per heavy atom. The second-order valence-corrected chi connectivity index (χ2v) is 15.7. The van der Waals surface area contributed by atoms with Crippen LogP contribution in [-0.4, -0.2) is 96.1 Å². The van der Waals surface area contributed by atoms with Crippen molar-refractivity contribution in [3.05, 3.63) is 0 Å². The van der Waals surface area contributed by atoms with Crippen LogP contribution in [-0.2, 0) is 32.7 Å². The molecule has 3 fully saturated rings. The summed E-state index contributed by atoms with van der Waals surface area (Å²) in [5, 5.41) is 19.8. The molecule has 2 saturated heterocycles. The number of hydrogen-bond donors (Lipinski definition) is 4. The van der Waals surface area contributed by atoms with E-state index in [-0.39, 0.29) is 82.0 Å². The summed E-state index contributed by atoms with van der Waals surface area (Å²) < 4.78 is 56.8. The van der Waals surface area contributed by atoms with Crippen molar-refractivity contribution in [3.8, 4) is 0 Å². The van der Waals surface area contributed by atoms with Crippen LogP contribution in [0.15, 0.2) is 0 Å². The van der Waals surface area contributed by atoms with Gasteiger partial charge in [-0.3, -0.25) is 18.9 Å². The number of hydrogen-bond acceptors (Lipinski definition) is 9. The molecular weight excluding hydrogens is 641 g/mol. The van der Waals surface area contributed by atoms with Crippen LogP contribution >= 0.6 is 7.60 Å². The molecule has 1 aliphatic carbocycles. The quantitative estimate of drug-likeness (QED) is 0.185. The molecule has 2 heterocycles. The van der Waals surface area contributed by atoms with Gasteiger partial charge in [-0.2, -0.15) is 0 Å². The number of aliphatic hydroxyl groups excluding tert-OH is 1. The average Bonchev–Trinajstić information content (AvgIpc) is 3.29. The van der Waals surface area contributed by atoms with Gasteiger partial charge in [0.2, 0.25) is 23.6 Å². The van der Waals surface area contributed by atoms with Crippen LogP contribution < -0.4 is 16.0 Å². The van der Waals surface area contributed by atoms with Gasteiger partial charge in [0.25, 0.3) is 0 Å². The Morgan fingerprint density at radius 2 is 1.66 bits per heavy atom. The number of rotatable bonds is 15. The van der Waals surface area contributed by atoms with Gasteiger partial charge in [0.05, 0.1) is 25.9 Å². The number of alkyl carbamates (subject to hydrolysis) is 1. The summed E-state index contributed by atoms with van der Waals surface area (Å²) in [5.74, 6) is -6.49. The van der Waals surface area contributed by atoms with E-state index >= 15 is 0 Å². The normalized spacial score (nSPS) is 23.2. The Hall–Kier alpha value is -2.35. The van der Waals surface area contributed by atoms with Gasteiger partial charge in [-0.1, -0.05) is 13.8 Å². The van der Waals surface area contributed by atoms with E-state index < -0.39 is 54.9 Å². The summed E-state index contributed by atoms with van der Waals surface area (Å²) in [4.78, 5) is 53.3. The van der Waals surface area contributed by atoms with Crippen molar-refractivity contribution >= 4 is 31.4 Å². The molecule has 0 aromatic rings. The molecule has 3 unspecified atom stereocenters. The van der Waals surface area contributed by atoms with Crippen LogP contribution in [0, 0.1) is 17.8 Å². The van der Waals surface area contributed by atoms with E-state index in [4.69, 9.17) is 13.8 Å². The Kier molecular flexibility index (Phi) is 14.0. The number of nitrogens with one attached hydrogen (secondary N) is 3. The fraction of sp³-hybridized carbons (Fsp3) is 0.871. The molecule has 3 aliphatic rings. The number of ether oxygens (including phenoxy) is 1. The summed E-state index contributed by atoms with van der Waals surface area (Å²) in [6.07, 6.45) is 0.610. The highest BCUT2D eigenvalue weighted by Gasteiger charge is 2.49. The molecule has 2 aliphatic heterocycles. The SMILES string of the molecule is CCOP(=O)(OCC)C(O)C(CC1CC2(CCN(C(C)=O)CC2)NC1=O)NC(=O)[C@H](CC(C)C)NC(=O)OCC1CCC(F)(F)CC1. The zero-order valence-corrected chi connectivity index (χ0v) is 29.1. The number of carbonyl (C=O) groups excluding carboxylic acids is 4. The van der Waals surface area contributed by atoms with E-state index in [1.54, 1.807) is 18.7 Å². The lowest BCUT2D eigenvalue weighted by Crippen LogP contribution is -2.53. The molecule has 13 nitrogen and oxygen atoms in total. The van der Waals surface area contributed by atoms with Gasteiger partial charge in [0, 0.05) is 44.3 Å². The van der Waals surface area contributed by atoms with Crippen molar-refractivity contribution in [1.29, 1.82) is 0 Å². The van der Waals surface area contributed by atoms with Gasteiger partial charge in [-0.05, 0) is 70.6 Å². The number of amides is 4. The summed E-state index contributed by atoms with van der Waals surface area (Å²) >= 11 is 0. The van der Waals surface area contributed by atoms with Crippen molar-refractivity contribution in [2.45, 2.75) is 122 Å². The van der Waals surface area contributed by atoms with Crippen LogP contribution in [0.25, 0.3) is 0 Å². The third-order valence-corrected chi connectivity index (χ3v) is 11.6. The van der Waals surface area contributed by atoms with E-state index in [0.29, 0.717) is 32.4 Å². The van der Waals surface area contributed by atoms with Crippen molar-refractivity contribution in [2.75, 3.05) is 32.9 Å². The van der Waals surface area contributed by atoms with Crippen LogP contribution in [0.2, 0.25) is 0 Å². The molecule has 0 aromatic heterocycles. The molecule has 1 saturated carbocycles. The fourth-order valence-electron chi connectivity index (χ4n) is 6.71. The molecule has 270 valence electrons. The largest absolute Gasteiger partial charge is 0.449 e. The highest BCUT2D eigenvalue weighted by Crippen LogP contribution is 2.54. The topological polar surface area (TPSA) is 173 Å². The van der Waals surface area contributed by atoms with Crippen LogP contribution in [0.4, 0.5) is 13.6 Å². The van der Waals surface area contributed by atoms with E-state index in [2.05, 4.69) is 16.0 Å². The van der Waals surface area contributed by atoms with Gasteiger partial charge in [-0.25, -0.2) is 13.6 Å². The second kappa shape index (κ2) is 16.8. The smallest absolute Gasteiger partial charge is 0.407 e. The Labute approximate surface area is 276 Å². The van der Waals surface area contributed by atoms with Gasteiger partial charge >= 0.3 is 13.7 Å². The lowest BCUT2D eigenvalue weighted by molar-refractivity contribution is -0.130. The highest BCUT2D eigenvalue weighted by atomic mass is 31.2. The van der Waals surface area contributed by atoms with Crippen LogP contribution in [0.5, 0.6) is 0 Å². The number of halogens is 2. The third-order valence-electron chi connectivity index (χ3n) is 9.33. The molecule has 0 radical (unpaired) electrons. The van der Waals surface area contributed by atoms with E-state index in [9.17, 15) is 37.6 Å². The zero-order valence-electron chi connectivity index (χ0n) is 28.2. The molecule has 4 atom stereocenters. The number of likely N-dealkylation sites (tertiary alicyclic amines) is 1. The number of carbonyl (C=O) groups is 4. The maximum atomic E-state index is 13.7. The molecule has 3 rings (SSSR count). The lowest BCUT2D eigenvalue weighted by atomic mass is 9.82. The van der Waals surface area contributed by atoms with Gasteiger partial charge in [-0.15, -0.1) is 0 Å².